The molecule has 0 saturated carbocycles. The van der Waals surface area contributed by atoms with Crippen LogP contribution < -0.4 is 0 Å². The SMILES string of the molecule is CCn1nccc1C(=O)N1CCC(CCc2noc(-c3ccc(F)cc3)n2)C1. The summed E-state index contributed by atoms with van der Waals surface area (Å²) in [6.07, 6.45) is 4.21. The van der Waals surface area contributed by atoms with Crippen LogP contribution in [0.2, 0.25) is 0 Å². The third kappa shape index (κ3) is 3.81. The van der Waals surface area contributed by atoms with E-state index in [0.717, 1.165) is 25.9 Å². The summed E-state index contributed by atoms with van der Waals surface area (Å²) >= 11 is 0. The molecule has 0 bridgehead atoms. The summed E-state index contributed by atoms with van der Waals surface area (Å²) in [4.78, 5) is 19.0. The van der Waals surface area contributed by atoms with E-state index in [1.807, 2.05) is 11.8 Å². The lowest BCUT2D eigenvalue weighted by molar-refractivity contribution is 0.0774. The predicted molar refractivity (Wildman–Crippen MR) is 99.9 cm³/mol. The Morgan fingerprint density at radius 2 is 2.11 bits per heavy atom. The van der Waals surface area contributed by atoms with Crippen LogP contribution in [0.15, 0.2) is 41.1 Å². The third-order valence-electron chi connectivity index (χ3n) is 5.14. The van der Waals surface area contributed by atoms with Gasteiger partial charge in [-0.05, 0) is 56.0 Å². The number of amides is 1. The van der Waals surface area contributed by atoms with Crippen molar-refractivity contribution in [2.24, 2.45) is 5.92 Å². The van der Waals surface area contributed by atoms with Crippen LogP contribution in [0.25, 0.3) is 11.5 Å². The maximum absolute atomic E-state index is 13.0. The molecule has 3 aromatic rings. The molecule has 8 heteroatoms. The second-order valence-corrected chi connectivity index (χ2v) is 7.00. The van der Waals surface area contributed by atoms with Crippen LogP contribution in [0.5, 0.6) is 0 Å². The highest BCUT2D eigenvalue weighted by Crippen LogP contribution is 2.24. The molecule has 0 aliphatic carbocycles. The van der Waals surface area contributed by atoms with Gasteiger partial charge in [0.25, 0.3) is 11.8 Å². The molecule has 1 amide bonds. The van der Waals surface area contributed by atoms with Crippen molar-refractivity contribution < 1.29 is 13.7 Å². The number of benzene rings is 1. The van der Waals surface area contributed by atoms with Crippen molar-refractivity contribution in [3.05, 3.63) is 53.9 Å². The average molecular weight is 383 g/mol. The molecule has 0 radical (unpaired) electrons. The molecule has 1 fully saturated rings. The Kier molecular flexibility index (Phi) is 5.18. The Hall–Kier alpha value is -3.03. The number of nitrogens with zero attached hydrogens (tertiary/aromatic N) is 5. The Labute approximate surface area is 162 Å². The van der Waals surface area contributed by atoms with Crippen molar-refractivity contribution in [3.8, 4) is 11.5 Å². The first-order valence-electron chi connectivity index (χ1n) is 9.53. The molecule has 4 rings (SSSR count). The zero-order valence-corrected chi connectivity index (χ0v) is 15.7. The van der Waals surface area contributed by atoms with Crippen molar-refractivity contribution in [2.75, 3.05) is 13.1 Å². The van der Waals surface area contributed by atoms with Gasteiger partial charge in [0.1, 0.15) is 11.5 Å². The molecular weight excluding hydrogens is 361 g/mol. The average Bonchev–Trinajstić information content (AvgIpc) is 3.46. The fourth-order valence-corrected chi connectivity index (χ4v) is 3.58. The number of carbonyl (C=O) groups is 1. The summed E-state index contributed by atoms with van der Waals surface area (Å²) in [5.74, 6) is 1.18. The van der Waals surface area contributed by atoms with Crippen molar-refractivity contribution in [2.45, 2.75) is 32.7 Å². The summed E-state index contributed by atoms with van der Waals surface area (Å²) in [7, 11) is 0. The lowest BCUT2D eigenvalue weighted by Crippen LogP contribution is -2.30. The van der Waals surface area contributed by atoms with Crippen LogP contribution >= 0.6 is 0 Å². The van der Waals surface area contributed by atoms with Crippen molar-refractivity contribution in [3.63, 3.8) is 0 Å². The molecule has 28 heavy (non-hydrogen) atoms. The number of hydrogen-bond acceptors (Lipinski definition) is 5. The molecule has 1 aromatic carbocycles. The minimum atomic E-state index is -0.300. The molecule has 0 N–H and O–H groups in total. The molecule has 146 valence electrons. The van der Waals surface area contributed by atoms with Crippen LogP contribution in [0.1, 0.15) is 36.1 Å². The molecule has 1 saturated heterocycles. The summed E-state index contributed by atoms with van der Waals surface area (Å²) in [5, 5.41) is 8.20. The first-order valence-corrected chi connectivity index (χ1v) is 9.53. The molecule has 2 aromatic heterocycles. The van der Waals surface area contributed by atoms with Crippen LogP contribution in [-0.2, 0) is 13.0 Å². The monoisotopic (exact) mass is 383 g/mol. The Balaban J connectivity index is 1.32. The van der Waals surface area contributed by atoms with Gasteiger partial charge in [-0.3, -0.25) is 9.48 Å². The Morgan fingerprint density at radius 1 is 1.29 bits per heavy atom. The molecule has 1 atom stereocenters. The predicted octanol–water partition coefficient (Wildman–Crippen LogP) is 3.19. The Morgan fingerprint density at radius 3 is 2.89 bits per heavy atom. The normalized spacial score (nSPS) is 16.6. The first kappa shape index (κ1) is 18.3. The zero-order chi connectivity index (χ0) is 19.5. The molecule has 7 nitrogen and oxygen atoms in total. The molecular formula is C20H22FN5O2. The molecule has 1 aliphatic rings. The van der Waals surface area contributed by atoms with Crippen molar-refractivity contribution in [1.29, 1.82) is 0 Å². The van der Waals surface area contributed by atoms with E-state index in [0.29, 0.717) is 41.9 Å². The lowest BCUT2D eigenvalue weighted by atomic mass is 10.0. The highest BCUT2D eigenvalue weighted by molar-refractivity contribution is 5.92. The minimum Gasteiger partial charge on any atom is -0.337 e. The van der Waals surface area contributed by atoms with Gasteiger partial charge < -0.3 is 9.42 Å². The number of halogens is 1. The second-order valence-electron chi connectivity index (χ2n) is 7.00. The van der Waals surface area contributed by atoms with Crippen molar-refractivity contribution >= 4 is 5.91 Å². The summed E-state index contributed by atoms with van der Waals surface area (Å²) in [5.41, 5.74) is 1.34. The second kappa shape index (κ2) is 7.92. The van der Waals surface area contributed by atoms with Gasteiger partial charge in [-0.25, -0.2) is 4.39 Å². The van der Waals surface area contributed by atoms with Gasteiger partial charge in [-0.1, -0.05) is 5.16 Å². The smallest absolute Gasteiger partial charge is 0.272 e. The molecule has 1 unspecified atom stereocenters. The topological polar surface area (TPSA) is 77.0 Å². The fraction of sp³-hybridized carbons (Fsp3) is 0.400. The fourth-order valence-electron chi connectivity index (χ4n) is 3.58. The summed E-state index contributed by atoms with van der Waals surface area (Å²) < 4.78 is 20.0. The quantitative estimate of drug-likeness (QED) is 0.653. The van der Waals surface area contributed by atoms with Gasteiger partial charge in [-0.2, -0.15) is 10.1 Å². The third-order valence-corrected chi connectivity index (χ3v) is 5.14. The maximum Gasteiger partial charge on any atom is 0.272 e. The highest BCUT2D eigenvalue weighted by atomic mass is 19.1. The lowest BCUT2D eigenvalue weighted by Gasteiger charge is -2.16. The van der Waals surface area contributed by atoms with E-state index in [1.165, 1.54) is 12.1 Å². The minimum absolute atomic E-state index is 0.0417. The van der Waals surface area contributed by atoms with Crippen LogP contribution in [0.4, 0.5) is 4.39 Å². The zero-order valence-electron chi connectivity index (χ0n) is 15.7. The molecule has 3 heterocycles. The van der Waals surface area contributed by atoms with Crippen LogP contribution in [0, 0.1) is 11.7 Å². The van der Waals surface area contributed by atoms with Crippen LogP contribution in [-0.4, -0.2) is 43.8 Å². The van der Waals surface area contributed by atoms with E-state index in [1.54, 1.807) is 29.1 Å². The van der Waals surface area contributed by atoms with E-state index in [2.05, 4.69) is 15.2 Å². The highest BCUT2D eigenvalue weighted by Gasteiger charge is 2.28. The number of carbonyl (C=O) groups excluding carboxylic acids is 1. The van der Waals surface area contributed by atoms with E-state index in [9.17, 15) is 9.18 Å². The van der Waals surface area contributed by atoms with E-state index < -0.39 is 0 Å². The van der Waals surface area contributed by atoms with Gasteiger partial charge in [0.05, 0.1) is 0 Å². The van der Waals surface area contributed by atoms with Gasteiger partial charge >= 0.3 is 0 Å². The number of hydrogen-bond donors (Lipinski definition) is 0. The largest absolute Gasteiger partial charge is 0.337 e. The number of rotatable bonds is 6. The van der Waals surface area contributed by atoms with Crippen LogP contribution in [0.3, 0.4) is 0 Å². The molecule has 1 aliphatic heterocycles. The number of likely N-dealkylation sites (tertiary alicyclic amines) is 1. The maximum atomic E-state index is 13.0. The summed E-state index contributed by atoms with van der Waals surface area (Å²) in [6, 6.07) is 7.75. The van der Waals surface area contributed by atoms with E-state index in [-0.39, 0.29) is 11.7 Å². The Bertz CT molecular complexity index is 950. The van der Waals surface area contributed by atoms with Crippen molar-refractivity contribution in [1.82, 2.24) is 24.8 Å². The number of aryl methyl sites for hydroxylation is 2. The van der Waals surface area contributed by atoms with Gasteiger partial charge in [0.2, 0.25) is 0 Å². The van der Waals surface area contributed by atoms with E-state index >= 15 is 0 Å². The summed E-state index contributed by atoms with van der Waals surface area (Å²) in [6.45, 7) is 4.14. The van der Waals surface area contributed by atoms with Gasteiger partial charge in [-0.15, -0.1) is 0 Å². The number of aromatic nitrogens is 4. The first-order chi connectivity index (χ1) is 13.6. The standard InChI is InChI=1S/C20H22FN5O2/c1-2-26-17(9-11-22-26)20(27)25-12-10-14(13-25)3-8-18-23-19(28-24-18)15-4-6-16(21)7-5-15/h4-7,9,11,14H,2-3,8,10,12-13H2,1H3. The molecule has 0 spiro atoms. The van der Waals surface area contributed by atoms with E-state index in [4.69, 9.17) is 4.52 Å². The van der Waals surface area contributed by atoms with Gasteiger partial charge in [0, 0.05) is 37.8 Å². The van der Waals surface area contributed by atoms with Gasteiger partial charge in [0.15, 0.2) is 5.82 Å².